The maximum Gasteiger partial charge on any atom is 0.306 e. The molecule has 110 valence electrons. The van der Waals surface area contributed by atoms with Gasteiger partial charge in [-0.25, -0.2) is 0 Å². The van der Waals surface area contributed by atoms with Crippen molar-refractivity contribution < 1.29 is 19.4 Å². The normalized spacial score (nSPS) is 14.9. The van der Waals surface area contributed by atoms with Crippen molar-refractivity contribution in [2.24, 2.45) is 5.92 Å². The van der Waals surface area contributed by atoms with Gasteiger partial charge in [0.2, 0.25) is 0 Å². The molecule has 1 fully saturated rings. The van der Waals surface area contributed by atoms with Crippen molar-refractivity contribution in [3.63, 3.8) is 0 Å². The molecule has 0 spiro atoms. The molecule has 0 unspecified atom stereocenters. The summed E-state index contributed by atoms with van der Waals surface area (Å²) in [6.07, 6.45) is 6.06. The van der Waals surface area contributed by atoms with Gasteiger partial charge in [0.25, 0.3) is 0 Å². The molecule has 1 saturated carbocycles. The van der Waals surface area contributed by atoms with Gasteiger partial charge in [-0.2, -0.15) is 0 Å². The average Bonchev–Trinajstić information content (AvgIpc) is 2.48. The topological polar surface area (TPSA) is 63.6 Å². The summed E-state index contributed by atoms with van der Waals surface area (Å²) >= 11 is 0. The van der Waals surface area contributed by atoms with E-state index in [2.05, 4.69) is 0 Å². The molecule has 4 heteroatoms. The van der Waals surface area contributed by atoms with Crippen LogP contribution in [0.1, 0.15) is 48.0 Å². The van der Waals surface area contributed by atoms with Crippen LogP contribution in [-0.4, -0.2) is 24.5 Å². The predicted molar refractivity (Wildman–Crippen MR) is 77.3 cm³/mol. The van der Waals surface area contributed by atoms with Crippen molar-refractivity contribution in [1.29, 1.82) is 0 Å². The summed E-state index contributed by atoms with van der Waals surface area (Å²) in [4.78, 5) is 20.7. The van der Waals surface area contributed by atoms with Crippen molar-refractivity contribution in [3.8, 4) is 5.75 Å². The number of rotatable bonds is 3. The van der Waals surface area contributed by atoms with Crippen molar-refractivity contribution in [2.75, 3.05) is 7.11 Å². The number of carbonyl (C=O) groups is 2. The second-order valence-corrected chi connectivity index (χ2v) is 5.02. The molecule has 0 bridgehead atoms. The Morgan fingerprint density at radius 3 is 2.35 bits per heavy atom. The maximum absolute atomic E-state index is 10.4. The number of aldehydes is 1. The van der Waals surface area contributed by atoms with Crippen molar-refractivity contribution >= 4 is 12.3 Å². The van der Waals surface area contributed by atoms with Crippen LogP contribution in [0.2, 0.25) is 0 Å². The molecule has 20 heavy (non-hydrogen) atoms. The lowest BCUT2D eigenvalue weighted by Crippen LogP contribution is -2.16. The van der Waals surface area contributed by atoms with Crippen LogP contribution < -0.4 is 4.74 Å². The van der Waals surface area contributed by atoms with E-state index in [1.54, 1.807) is 25.3 Å². The number of ether oxygens (including phenoxy) is 1. The predicted octanol–water partition coefficient (Wildman–Crippen LogP) is 3.47. The number of carboxylic acids is 1. The minimum atomic E-state index is -0.602. The van der Waals surface area contributed by atoms with Crippen molar-refractivity contribution in [3.05, 3.63) is 29.3 Å². The van der Waals surface area contributed by atoms with Crippen LogP contribution in [0.4, 0.5) is 0 Å². The van der Waals surface area contributed by atoms with Gasteiger partial charge in [0.1, 0.15) is 12.0 Å². The standard InChI is InChI=1S/C9H10O2.C7H12O2/c1-7-5-8(6-10)3-4-9(7)11-2;8-7(9)6-4-2-1-3-5-6/h3-6H,1-2H3;6H,1-5H2,(H,8,9). The fourth-order valence-electron chi connectivity index (χ4n) is 2.32. The van der Waals surface area contributed by atoms with Gasteiger partial charge < -0.3 is 9.84 Å². The first-order valence-electron chi connectivity index (χ1n) is 6.91. The minimum Gasteiger partial charge on any atom is -0.496 e. The molecular formula is C16H22O4. The minimum absolute atomic E-state index is 0.0289. The number of methoxy groups -OCH3 is 1. The van der Waals surface area contributed by atoms with Gasteiger partial charge in [0.05, 0.1) is 13.0 Å². The molecule has 0 heterocycles. The quantitative estimate of drug-likeness (QED) is 0.860. The van der Waals surface area contributed by atoms with Gasteiger partial charge in [-0.3, -0.25) is 9.59 Å². The van der Waals surface area contributed by atoms with E-state index in [-0.39, 0.29) is 5.92 Å². The molecule has 1 N–H and O–H groups in total. The summed E-state index contributed by atoms with van der Waals surface area (Å²) in [5, 5.41) is 8.54. The van der Waals surface area contributed by atoms with Crippen molar-refractivity contribution in [1.82, 2.24) is 0 Å². The van der Waals surface area contributed by atoms with Crippen LogP contribution in [0.15, 0.2) is 18.2 Å². The van der Waals surface area contributed by atoms with Crippen LogP contribution in [0, 0.1) is 12.8 Å². The Kier molecular flexibility index (Phi) is 6.77. The number of hydrogen-bond acceptors (Lipinski definition) is 3. The highest BCUT2D eigenvalue weighted by Crippen LogP contribution is 2.23. The Bertz CT molecular complexity index is 448. The van der Waals surface area contributed by atoms with E-state index < -0.39 is 5.97 Å². The Labute approximate surface area is 119 Å². The van der Waals surface area contributed by atoms with Gasteiger partial charge in [-0.15, -0.1) is 0 Å². The number of hydrogen-bond donors (Lipinski definition) is 1. The fourth-order valence-corrected chi connectivity index (χ4v) is 2.32. The van der Waals surface area contributed by atoms with Gasteiger partial charge in [0.15, 0.2) is 0 Å². The molecular weight excluding hydrogens is 256 g/mol. The van der Waals surface area contributed by atoms with E-state index in [1.165, 1.54) is 6.42 Å². The maximum atomic E-state index is 10.4. The Balaban J connectivity index is 0.000000204. The molecule has 0 aliphatic heterocycles. The number of carboxylic acid groups (broad SMARTS) is 1. The molecule has 1 aromatic rings. The van der Waals surface area contributed by atoms with Gasteiger partial charge in [-0.05, 0) is 43.5 Å². The number of benzene rings is 1. The van der Waals surface area contributed by atoms with E-state index >= 15 is 0 Å². The van der Waals surface area contributed by atoms with Crippen LogP contribution in [0.25, 0.3) is 0 Å². The third-order valence-corrected chi connectivity index (χ3v) is 3.51. The number of aliphatic carboxylic acids is 1. The molecule has 0 aromatic heterocycles. The largest absolute Gasteiger partial charge is 0.496 e. The van der Waals surface area contributed by atoms with E-state index in [1.807, 2.05) is 6.92 Å². The molecule has 0 saturated heterocycles. The van der Waals surface area contributed by atoms with E-state index in [4.69, 9.17) is 9.84 Å². The smallest absolute Gasteiger partial charge is 0.306 e. The highest BCUT2D eigenvalue weighted by molar-refractivity contribution is 5.75. The fraction of sp³-hybridized carbons (Fsp3) is 0.500. The van der Waals surface area contributed by atoms with Crippen LogP contribution in [0.5, 0.6) is 5.75 Å². The Morgan fingerprint density at radius 1 is 1.30 bits per heavy atom. The summed E-state index contributed by atoms with van der Waals surface area (Å²) in [6, 6.07) is 5.32. The second kappa shape index (κ2) is 8.35. The first kappa shape index (κ1) is 16.2. The van der Waals surface area contributed by atoms with Gasteiger partial charge in [0, 0.05) is 5.56 Å². The number of carbonyl (C=O) groups excluding carboxylic acids is 1. The first-order valence-corrected chi connectivity index (χ1v) is 6.91. The summed E-state index contributed by atoms with van der Waals surface area (Å²) in [5.41, 5.74) is 1.67. The van der Waals surface area contributed by atoms with Gasteiger partial charge in [-0.1, -0.05) is 19.3 Å². The summed E-state index contributed by atoms with van der Waals surface area (Å²) in [6.45, 7) is 1.91. The molecule has 2 rings (SSSR count). The highest BCUT2D eigenvalue weighted by atomic mass is 16.5. The molecule has 1 aliphatic rings. The lowest BCUT2D eigenvalue weighted by molar-refractivity contribution is -0.142. The molecule has 1 aromatic carbocycles. The summed E-state index contributed by atoms with van der Waals surface area (Å²) in [7, 11) is 1.61. The third-order valence-electron chi connectivity index (χ3n) is 3.51. The first-order chi connectivity index (χ1) is 9.58. The Hall–Kier alpha value is -1.84. The molecule has 4 nitrogen and oxygen atoms in total. The van der Waals surface area contributed by atoms with Gasteiger partial charge >= 0.3 is 5.97 Å². The van der Waals surface area contributed by atoms with Crippen molar-refractivity contribution in [2.45, 2.75) is 39.0 Å². The monoisotopic (exact) mass is 278 g/mol. The van der Waals surface area contributed by atoms with Crippen LogP contribution in [0.3, 0.4) is 0 Å². The number of aryl methyl sites for hydroxylation is 1. The highest BCUT2D eigenvalue weighted by Gasteiger charge is 2.19. The zero-order chi connectivity index (χ0) is 15.0. The molecule has 0 amide bonds. The van der Waals surface area contributed by atoms with E-state index in [0.29, 0.717) is 5.56 Å². The van der Waals surface area contributed by atoms with E-state index in [9.17, 15) is 9.59 Å². The molecule has 1 aliphatic carbocycles. The second-order valence-electron chi connectivity index (χ2n) is 5.02. The summed E-state index contributed by atoms with van der Waals surface area (Å²) < 4.78 is 5.03. The Morgan fingerprint density at radius 2 is 1.95 bits per heavy atom. The SMILES string of the molecule is COc1ccc(C=O)cc1C.O=C(O)C1CCCCC1. The summed E-state index contributed by atoms with van der Waals surface area (Å²) in [5.74, 6) is 0.184. The lowest BCUT2D eigenvalue weighted by Gasteiger charge is -2.16. The zero-order valence-corrected chi connectivity index (χ0v) is 12.1. The van der Waals surface area contributed by atoms with Crippen LogP contribution in [-0.2, 0) is 4.79 Å². The molecule has 0 atom stereocenters. The molecule has 0 radical (unpaired) electrons. The van der Waals surface area contributed by atoms with E-state index in [0.717, 1.165) is 43.3 Å². The van der Waals surface area contributed by atoms with Crippen LogP contribution >= 0.6 is 0 Å². The third kappa shape index (κ3) is 5.03. The zero-order valence-electron chi connectivity index (χ0n) is 12.1. The lowest BCUT2D eigenvalue weighted by atomic mass is 9.90. The average molecular weight is 278 g/mol.